The molecule has 0 saturated carbocycles. The molecule has 0 aliphatic carbocycles. The van der Waals surface area contributed by atoms with E-state index in [1.54, 1.807) is 0 Å². The van der Waals surface area contributed by atoms with Gasteiger partial charge in [-0.25, -0.2) is 0 Å². The van der Waals surface area contributed by atoms with Crippen LogP contribution in [0.5, 0.6) is 0 Å². The second-order valence-electron chi connectivity index (χ2n) is 9.32. The Hall–Kier alpha value is -2.05. The lowest BCUT2D eigenvalue weighted by atomic mass is 9.79. The van der Waals surface area contributed by atoms with Crippen molar-refractivity contribution >= 4 is 50.6 Å². The van der Waals surface area contributed by atoms with Crippen LogP contribution in [-0.4, -0.2) is 28.1 Å². The minimum absolute atomic E-state index is 0.116. The Morgan fingerprint density at radius 2 is 1.88 bits per heavy atom. The van der Waals surface area contributed by atoms with Crippen LogP contribution in [0.2, 0.25) is 0 Å². The molecule has 2 aromatic carbocycles. The highest BCUT2D eigenvalue weighted by Crippen LogP contribution is 2.45. The minimum Gasteiger partial charge on any atom is -0.366 e. The van der Waals surface area contributed by atoms with E-state index in [0.29, 0.717) is 10.8 Å². The number of aryl methyl sites for hydroxylation is 1. The second-order valence-corrected chi connectivity index (χ2v) is 11.2. The minimum atomic E-state index is -0.218. The summed E-state index contributed by atoms with van der Waals surface area (Å²) in [7, 11) is 0. The highest BCUT2D eigenvalue weighted by molar-refractivity contribution is 9.10. The number of rotatable bonds is 4. The predicted molar refractivity (Wildman–Crippen MR) is 137 cm³/mol. The number of anilines is 1. The van der Waals surface area contributed by atoms with Crippen LogP contribution in [0.1, 0.15) is 62.3 Å². The Balaban J connectivity index is 1.64. The molecule has 2 amide bonds. The van der Waals surface area contributed by atoms with Crippen molar-refractivity contribution in [1.82, 2.24) is 4.90 Å². The summed E-state index contributed by atoms with van der Waals surface area (Å²) in [5, 5.41) is -0.216. The quantitative estimate of drug-likeness (QED) is 0.409. The fourth-order valence-electron chi connectivity index (χ4n) is 4.95. The molecule has 1 saturated heterocycles. The van der Waals surface area contributed by atoms with Gasteiger partial charge in [0.1, 0.15) is 0 Å². The zero-order valence-corrected chi connectivity index (χ0v) is 21.6. The smallest absolute Gasteiger partial charge is 0.293 e. The molecular weight excluding hydrogens is 484 g/mol. The number of carbonyl (C=O) groups is 2. The van der Waals surface area contributed by atoms with Gasteiger partial charge in [0, 0.05) is 22.2 Å². The van der Waals surface area contributed by atoms with Crippen molar-refractivity contribution in [2.24, 2.45) is 0 Å². The van der Waals surface area contributed by atoms with E-state index < -0.39 is 0 Å². The van der Waals surface area contributed by atoms with Crippen LogP contribution in [-0.2, 0) is 11.3 Å². The van der Waals surface area contributed by atoms with Crippen LogP contribution in [0.15, 0.2) is 45.8 Å². The Morgan fingerprint density at radius 1 is 1.19 bits per heavy atom. The highest BCUT2D eigenvalue weighted by atomic mass is 79.9. The van der Waals surface area contributed by atoms with Gasteiger partial charge in [0.25, 0.3) is 11.1 Å². The molecule has 6 heteroatoms. The lowest BCUT2D eigenvalue weighted by Gasteiger charge is -2.47. The van der Waals surface area contributed by atoms with Crippen LogP contribution in [0.3, 0.4) is 0 Å². The summed E-state index contributed by atoms with van der Waals surface area (Å²) in [5.41, 5.74) is 5.78. The average molecular weight is 514 g/mol. The molecule has 2 aliphatic heterocycles. The van der Waals surface area contributed by atoms with Gasteiger partial charge in [0.2, 0.25) is 0 Å². The van der Waals surface area contributed by atoms with Gasteiger partial charge >= 0.3 is 0 Å². The lowest BCUT2D eigenvalue weighted by Crippen LogP contribution is -2.48. The maximum atomic E-state index is 13.0. The SMILES string of the molecule is CCN1c2cc(C)c(/C=C3\SC(=O)N(Cc4ccc(Br)cc4)C3=O)cc2[C@@H](C)CC1(C)C. The molecule has 4 nitrogen and oxygen atoms in total. The molecule has 2 aliphatic rings. The molecular formula is C26H29BrN2O2S. The van der Waals surface area contributed by atoms with E-state index in [1.165, 1.54) is 16.2 Å². The molecule has 4 rings (SSSR count). The van der Waals surface area contributed by atoms with Gasteiger partial charge in [-0.05, 0) is 104 Å². The summed E-state index contributed by atoms with van der Waals surface area (Å²) in [6, 6.07) is 12.1. The molecule has 0 aromatic heterocycles. The van der Waals surface area contributed by atoms with Gasteiger partial charge in [-0.15, -0.1) is 0 Å². The Bertz CT molecular complexity index is 1110. The molecule has 168 valence electrons. The summed E-state index contributed by atoms with van der Waals surface area (Å²) in [6.45, 7) is 12.4. The molecule has 0 radical (unpaired) electrons. The largest absolute Gasteiger partial charge is 0.366 e. The fourth-order valence-corrected chi connectivity index (χ4v) is 6.05. The second kappa shape index (κ2) is 8.71. The number of nitrogens with zero attached hydrogens (tertiary/aromatic N) is 2. The molecule has 0 unspecified atom stereocenters. The van der Waals surface area contributed by atoms with Crippen molar-refractivity contribution in [3.8, 4) is 0 Å². The zero-order valence-electron chi connectivity index (χ0n) is 19.2. The van der Waals surface area contributed by atoms with Crippen molar-refractivity contribution in [3.05, 3.63) is 68.0 Å². The molecule has 32 heavy (non-hydrogen) atoms. The van der Waals surface area contributed by atoms with Crippen molar-refractivity contribution in [2.45, 2.75) is 59.0 Å². The molecule has 0 spiro atoms. The Morgan fingerprint density at radius 3 is 2.53 bits per heavy atom. The standard InChI is InChI=1S/C26H29BrN2O2S/c1-6-29-22-11-16(2)19(12-21(22)17(3)14-26(29,4)5)13-23-24(30)28(25(31)32-23)15-18-7-9-20(27)10-8-18/h7-13,17H,6,14-15H2,1-5H3/b23-13-/t17-/m0/s1. The van der Waals surface area contributed by atoms with Gasteiger partial charge in [-0.2, -0.15) is 0 Å². The number of amides is 2. The summed E-state index contributed by atoms with van der Waals surface area (Å²) in [5.74, 6) is 0.215. The fraction of sp³-hybridized carbons (Fsp3) is 0.385. The number of fused-ring (bicyclic) bond motifs is 1. The zero-order chi connectivity index (χ0) is 23.2. The van der Waals surface area contributed by atoms with E-state index in [0.717, 1.165) is 45.9 Å². The first-order valence-electron chi connectivity index (χ1n) is 11.0. The topological polar surface area (TPSA) is 40.6 Å². The summed E-state index contributed by atoms with van der Waals surface area (Å²) >= 11 is 4.45. The number of hydrogen-bond donors (Lipinski definition) is 0. The molecule has 0 N–H and O–H groups in total. The van der Waals surface area contributed by atoms with E-state index in [1.807, 2.05) is 30.3 Å². The Labute approximate surface area is 203 Å². The molecule has 0 bridgehead atoms. The van der Waals surface area contributed by atoms with E-state index in [9.17, 15) is 9.59 Å². The average Bonchev–Trinajstić information content (AvgIpc) is 2.98. The first kappa shape index (κ1) is 23.1. The van der Waals surface area contributed by atoms with Crippen molar-refractivity contribution in [3.63, 3.8) is 0 Å². The molecule has 2 aromatic rings. The highest BCUT2D eigenvalue weighted by Gasteiger charge is 2.37. The maximum Gasteiger partial charge on any atom is 0.293 e. The van der Waals surface area contributed by atoms with Gasteiger partial charge in [0.05, 0.1) is 11.4 Å². The normalized spacial score (nSPS) is 21.4. The van der Waals surface area contributed by atoms with Crippen LogP contribution >= 0.6 is 27.7 Å². The summed E-state index contributed by atoms with van der Waals surface area (Å²) in [4.78, 5) is 29.9. The first-order valence-corrected chi connectivity index (χ1v) is 12.6. The van der Waals surface area contributed by atoms with E-state index in [2.05, 4.69) is 67.6 Å². The van der Waals surface area contributed by atoms with Crippen LogP contribution in [0, 0.1) is 6.92 Å². The van der Waals surface area contributed by atoms with Crippen molar-refractivity contribution in [2.75, 3.05) is 11.4 Å². The van der Waals surface area contributed by atoms with Gasteiger partial charge < -0.3 is 4.90 Å². The maximum absolute atomic E-state index is 13.0. The van der Waals surface area contributed by atoms with Crippen LogP contribution in [0.4, 0.5) is 10.5 Å². The third-order valence-electron chi connectivity index (χ3n) is 6.50. The van der Waals surface area contributed by atoms with Gasteiger partial charge in [0.15, 0.2) is 0 Å². The third-order valence-corrected chi connectivity index (χ3v) is 7.94. The van der Waals surface area contributed by atoms with E-state index in [-0.39, 0.29) is 23.2 Å². The molecule has 1 atom stereocenters. The summed E-state index contributed by atoms with van der Waals surface area (Å²) < 4.78 is 0.970. The van der Waals surface area contributed by atoms with Crippen LogP contribution in [0.25, 0.3) is 6.08 Å². The lowest BCUT2D eigenvalue weighted by molar-refractivity contribution is -0.123. The summed E-state index contributed by atoms with van der Waals surface area (Å²) in [6.07, 6.45) is 2.98. The number of benzene rings is 2. The number of hydrogen-bond acceptors (Lipinski definition) is 4. The van der Waals surface area contributed by atoms with Crippen molar-refractivity contribution in [1.29, 1.82) is 0 Å². The number of halogens is 1. The van der Waals surface area contributed by atoms with E-state index in [4.69, 9.17) is 0 Å². The first-order chi connectivity index (χ1) is 15.1. The predicted octanol–water partition coefficient (Wildman–Crippen LogP) is 7.11. The molecule has 1 fully saturated rings. The van der Waals surface area contributed by atoms with Crippen molar-refractivity contribution < 1.29 is 9.59 Å². The Kier molecular flexibility index (Phi) is 6.29. The monoisotopic (exact) mass is 512 g/mol. The van der Waals surface area contributed by atoms with E-state index >= 15 is 0 Å². The van der Waals surface area contributed by atoms with Crippen LogP contribution < -0.4 is 4.90 Å². The van der Waals surface area contributed by atoms with Gasteiger partial charge in [-0.1, -0.05) is 35.0 Å². The number of carbonyl (C=O) groups excluding carboxylic acids is 2. The number of thioether (sulfide) groups is 1. The van der Waals surface area contributed by atoms with Gasteiger partial charge in [-0.3, -0.25) is 14.5 Å². The molecule has 2 heterocycles. The number of imide groups is 1. The third kappa shape index (κ3) is 4.27.